The standard InChI is InChI=1S/C6H13NO/c1-7(2)5-3-6(8)4-5/h5-6,8H,3-4H2,1-2H3/t5-,6-. The van der Waals surface area contributed by atoms with Crippen molar-refractivity contribution in [3.8, 4) is 0 Å². The fourth-order valence-corrected chi connectivity index (χ4v) is 0.981. The molecule has 1 rings (SSSR count). The van der Waals surface area contributed by atoms with E-state index in [0.717, 1.165) is 12.8 Å². The van der Waals surface area contributed by atoms with E-state index in [1.54, 1.807) is 0 Å². The summed E-state index contributed by atoms with van der Waals surface area (Å²) in [6, 6.07) is 0.644. The number of hydrogen-bond donors (Lipinski definition) is 1. The van der Waals surface area contributed by atoms with Gasteiger partial charge in [-0.2, -0.15) is 0 Å². The zero-order valence-electron chi connectivity index (χ0n) is 5.46. The van der Waals surface area contributed by atoms with Gasteiger partial charge in [0.2, 0.25) is 0 Å². The van der Waals surface area contributed by atoms with E-state index in [1.165, 1.54) is 0 Å². The summed E-state index contributed by atoms with van der Waals surface area (Å²) in [6.45, 7) is 0. The Morgan fingerprint density at radius 3 is 2.00 bits per heavy atom. The second kappa shape index (κ2) is 2.03. The van der Waals surface area contributed by atoms with Gasteiger partial charge in [0.15, 0.2) is 0 Å². The molecule has 0 atom stereocenters. The van der Waals surface area contributed by atoms with E-state index in [9.17, 15) is 0 Å². The average molecular weight is 115 g/mol. The lowest BCUT2D eigenvalue weighted by Gasteiger charge is -2.36. The molecule has 1 N–H and O–H groups in total. The molecule has 2 heteroatoms. The maximum atomic E-state index is 8.84. The van der Waals surface area contributed by atoms with Crippen molar-refractivity contribution in [3.63, 3.8) is 0 Å². The van der Waals surface area contributed by atoms with E-state index < -0.39 is 0 Å². The number of nitrogens with zero attached hydrogens (tertiary/aromatic N) is 1. The van der Waals surface area contributed by atoms with Crippen molar-refractivity contribution in [2.45, 2.75) is 25.0 Å². The van der Waals surface area contributed by atoms with E-state index in [4.69, 9.17) is 5.11 Å². The number of rotatable bonds is 1. The lowest BCUT2D eigenvalue weighted by atomic mass is 9.89. The molecule has 8 heavy (non-hydrogen) atoms. The third kappa shape index (κ3) is 1.01. The Morgan fingerprint density at radius 1 is 1.38 bits per heavy atom. The maximum Gasteiger partial charge on any atom is 0.0570 e. The van der Waals surface area contributed by atoms with Gasteiger partial charge >= 0.3 is 0 Å². The van der Waals surface area contributed by atoms with Crippen LogP contribution in [0.1, 0.15) is 12.8 Å². The Morgan fingerprint density at radius 2 is 1.88 bits per heavy atom. The second-order valence-electron chi connectivity index (χ2n) is 2.74. The van der Waals surface area contributed by atoms with Gasteiger partial charge in [0.25, 0.3) is 0 Å². The minimum absolute atomic E-state index is 0.0117. The van der Waals surface area contributed by atoms with E-state index >= 15 is 0 Å². The molecular weight excluding hydrogens is 102 g/mol. The Bertz CT molecular complexity index is 76.6. The Labute approximate surface area is 50.1 Å². The zero-order valence-corrected chi connectivity index (χ0v) is 5.46. The predicted octanol–water partition coefficient (Wildman–Crippen LogP) is 0.0713. The lowest BCUT2D eigenvalue weighted by molar-refractivity contribution is 0.0219. The maximum absolute atomic E-state index is 8.84. The first kappa shape index (κ1) is 6.05. The van der Waals surface area contributed by atoms with Crippen LogP contribution in [0.2, 0.25) is 0 Å². The van der Waals surface area contributed by atoms with Gasteiger partial charge < -0.3 is 10.0 Å². The van der Waals surface area contributed by atoms with Crippen LogP contribution in [0.3, 0.4) is 0 Å². The van der Waals surface area contributed by atoms with Crippen molar-refractivity contribution in [1.82, 2.24) is 4.90 Å². The van der Waals surface area contributed by atoms with Crippen molar-refractivity contribution in [2.24, 2.45) is 0 Å². The Balaban J connectivity index is 2.15. The first-order valence-corrected chi connectivity index (χ1v) is 3.04. The summed E-state index contributed by atoms with van der Waals surface area (Å²) in [5.74, 6) is 0. The fraction of sp³-hybridized carbons (Fsp3) is 1.00. The van der Waals surface area contributed by atoms with E-state index in [-0.39, 0.29) is 6.10 Å². The normalized spacial score (nSPS) is 37.5. The number of aliphatic hydroxyl groups is 1. The number of aliphatic hydroxyl groups excluding tert-OH is 1. The molecule has 48 valence electrons. The summed E-state index contributed by atoms with van der Waals surface area (Å²) in [6.07, 6.45) is 1.92. The van der Waals surface area contributed by atoms with Gasteiger partial charge in [-0.05, 0) is 26.9 Å². The fourth-order valence-electron chi connectivity index (χ4n) is 0.981. The highest BCUT2D eigenvalue weighted by atomic mass is 16.3. The highest BCUT2D eigenvalue weighted by molar-refractivity contribution is 4.83. The molecule has 1 saturated carbocycles. The first-order chi connectivity index (χ1) is 3.70. The molecule has 0 aromatic carbocycles. The van der Waals surface area contributed by atoms with E-state index in [1.807, 2.05) is 0 Å². The average Bonchev–Trinajstić information content (AvgIpc) is 1.57. The molecule has 0 aromatic rings. The lowest BCUT2D eigenvalue weighted by Crippen LogP contribution is -2.43. The molecule has 1 aliphatic rings. The third-order valence-electron chi connectivity index (χ3n) is 1.82. The Hall–Kier alpha value is -0.0800. The van der Waals surface area contributed by atoms with Crippen molar-refractivity contribution >= 4 is 0 Å². The molecule has 1 aliphatic carbocycles. The van der Waals surface area contributed by atoms with Crippen molar-refractivity contribution < 1.29 is 5.11 Å². The second-order valence-corrected chi connectivity index (χ2v) is 2.74. The van der Waals surface area contributed by atoms with Gasteiger partial charge in [0, 0.05) is 6.04 Å². The summed E-state index contributed by atoms with van der Waals surface area (Å²) in [7, 11) is 4.10. The van der Waals surface area contributed by atoms with Gasteiger partial charge in [-0.25, -0.2) is 0 Å². The minimum Gasteiger partial charge on any atom is -0.393 e. The van der Waals surface area contributed by atoms with Gasteiger partial charge in [0.05, 0.1) is 6.10 Å². The highest BCUT2D eigenvalue weighted by Crippen LogP contribution is 2.22. The van der Waals surface area contributed by atoms with Gasteiger partial charge in [-0.15, -0.1) is 0 Å². The van der Waals surface area contributed by atoms with Crippen molar-refractivity contribution in [3.05, 3.63) is 0 Å². The molecule has 1 fully saturated rings. The summed E-state index contributed by atoms with van der Waals surface area (Å²) < 4.78 is 0. The molecule has 0 saturated heterocycles. The minimum atomic E-state index is -0.0117. The van der Waals surface area contributed by atoms with Crippen LogP contribution in [-0.2, 0) is 0 Å². The molecule has 2 nitrogen and oxygen atoms in total. The third-order valence-corrected chi connectivity index (χ3v) is 1.82. The quantitative estimate of drug-likeness (QED) is 0.523. The van der Waals surface area contributed by atoms with Crippen molar-refractivity contribution in [1.29, 1.82) is 0 Å². The van der Waals surface area contributed by atoms with Crippen LogP contribution in [0.15, 0.2) is 0 Å². The van der Waals surface area contributed by atoms with Crippen LogP contribution >= 0.6 is 0 Å². The van der Waals surface area contributed by atoms with E-state index in [2.05, 4.69) is 19.0 Å². The van der Waals surface area contributed by atoms with Gasteiger partial charge in [0.1, 0.15) is 0 Å². The van der Waals surface area contributed by atoms with Crippen LogP contribution in [0.25, 0.3) is 0 Å². The van der Waals surface area contributed by atoms with Crippen LogP contribution in [0.4, 0.5) is 0 Å². The summed E-state index contributed by atoms with van der Waals surface area (Å²) in [5.41, 5.74) is 0. The molecule has 0 aromatic heterocycles. The van der Waals surface area contributed by atoms with Crippen LogP contribution < -0.4 is 0 Å². The monoisotopic (exact) mass is 115 g/mol. The smallest absolute Gasteiger partial charge is 0.0570 e. The topological polar surface area (TPSA) is 23.5 Å². The zero-order chi connectivity index (χ0) is 6.15. The van der Waals surface area contributed by atoms with Crippen LogP contribution in [-0.4, -0.2) is 36.2 Å². The molecule has 0 radical (unpaired) electrons. The van der Waals surface area contributed by atoms with Crippen LogP contribution in [0.5, 0.6) is 0 Å². The van der Waals surface area contributed by atoms with Crippen molar-refractivity contribution in [2.75, 3.05) is 14.1 Å². The summed E-state index contributed by atoms with van der Waals surface area (Å²) in [4.78, 5) is 2.16. The number of hydrogen-bond acceptors (Lipinski definition) is 2. The molecular formula is C6H13NO. The summed E-state index contributed by atoms with van der Waals surface area (Å²) in [5, 5.41) is 8.84. The first-order valence-electron chi connectivity index (χ1n) is 3.04. The van der Waals surface area contributed by atoms with Crippen LogP contribution in [0, 0.1) is 0 Å². The molecule has 0 bridgehead atoms. The Kier molecular flexibility index (Phi) is 1.54. The SMILES string of the molecule is CN(C)[C@H]1C[C@H](O)C1. The predicted molar refractivity (Wildman–Crippen MR) is 32.7 cm³/mol. The summed E-state index contributed by atoms with van der Waals surface area (Å²) >= 11 is 0. The largest absolute Gasteiger partial charge is 0.393 e. The van der Waals surface area contributed by atoms with E-state index in [0.29, 0.717) is 6.04 Å². The molecule has 0 unspecified atom stereocenters. The molecule has 0 heterocycles. The van der Waals surface area contributed by atoms with Gasteiger partial charge in [-0.3, -0.25) is 0 Å². The molecule has 0 aliphatic heterocycles. The van der Waals surface area contributed by atoms with Gasteiger partial charge in [-0.1, -0.05) is 0 Å². The molecule has 0 spiro atoms. The highest BCUT2D eigenvalue weighted by Gasteiger charge is 2.28. The molecule has 0 amide bonds.